The normalized spacial score (nSPS) is 14.6. The van der Waals surface area contributed by atoms with Gasteiger partial charge in [0.25, 0.3) is 0 Å². The van der Waals surface area contributed by atoms with Gasteiger partial charge in [-0.25, -0.2) is 0 Å². The summed E-state index contributed by atoms with van der Waals surface area (Å²) >= 11 is 0. The molecule has 0 saturated heterocycles. The number of aryl methyl sites for hydroxylation is 1. The Hall–Kier alpha value is -2.95. The Balaban J connectivity index is 1.43. The molecule has 1 saturated carbocycles. The van der Waals surface area contributed by atoms with Crippen LogP contribution in [-0.4, -0.2) is 34.5 Å². The van der Waals surface area contributed by atoms with Gasteiger partial charge in [-0.15, -0.1) is 0 Å². The lowest BCUT2D eigenvalue weighted by Crippen LogP contribution is -2.30. The van der Waals surface area contributed by atoms with Crippen LogP contribution >= 0.6 is 0 Å². The van der Waals surface area contributed by atoms with E-state index >= 15 is 0 Å². The summed E-state index contributed by atoms with van der Waals surface area (Å²) in [6, 6.07) is 18.6. The fourth-order valence-corrected chi connectivity index (χ4v) is 3.66. The molecule has 1 amide bonds. The highest BCUT2D eigenvalue weighted by Gasteiger charge is 2.29. The van der Waals surface area contributed by atoms with Gasteiger partial charge in [-0.2, -0.15) is 4.98 Å². The third kappa shape index (κ3) is 4.73. The van der Waals surface area contributed by atoms with Gasteiger partial charge < -0.3 is 9.42 Å². The molecule has 2 aromatic carbocycles. The Labute approximate surface area is 171 Å². The molecule has 0 radical (unpaired) electrons. The molecule has 4 rings (SSSR count). The Morgan fingerprint density at radius 1 is 1.14 bits per heavy atom. The highest BCUT2D eigenvalue weighted by Crippen LogP contribution is 2.38. The standard InChI is InChI=1S/C24H27N3O2/c1-17-8-6-7-11-20(17)21(18-9-4-3-5-10-18)16-23(28)27(2)15-14-22-25-24(29-26-22)19-12-13-19/h3-11,19,21H,12-16H2,1-2H3/t21-/m0/s1. The molecular weight excluding hydrogens is 362 g/mol. The van der Waals surface area contributed by atoms with E-state index in [1.807, 2.05) is 37.4 Å². The average Bonchev–Trinajstić information content (AvgIpc) is 3.49. The molecule has 0 N–H and O–H groups in total. The largest absolute Gasteiger partial charge is 0.345 e. The Morgan fingerprint density at radius 2 is 1.86 bits per heavy atom. The number of nitrogens with zero attached hydrogens (tertiary/aromatic N) is 3. The molecular formula is C24H27N3O2. The molecule has 0 aliphatic heterocycles. The molecule has 1 aliphatic rings. The summed E-state index contributed by atoms with van der Waals surface area (Å²) in [5.41, 5.74) is 3.57. The van der Waals surface area contributed by atoms with E-state index in [2.05, 4.69) is 41.3 Å². The fraction of sp³-hybridized carbons (Fsp3) is 0.375. The highest BCUT2D eigenvalue weighted by atomic mass is 16.5. The average molecular weight is 389 g/mol. The van der Waals surface area contributed by atoms with Crippen molar-refractivity contribution in [3.05, 3.63) is 83.0 Å². The van der Waals surface area contributed by atoms with Crippen molar-refractivity contribution in [3.8, 4) is 0 Å². The Kier molecular flexibility index (Phi) is 5.74. The van der Waals surface area contributed by atoms with Crippen molar-refractivity contribution in [1.29, 1.82) is 0 Å². The summed E-state index contributed by atoms with van der Waals surface area (Å²) in [6.07, 6.45) is 3.32. The summed E-state index contributed by atoms with van der Waals surface area (Å²) in [5, 5.41) is 4.05. The number of hydrogen-bond donors (Lipinski definition) is 0. The molecule has 5 heteroatoms. The van der Waals surface area contributed by atoms with Crippen molar-refractivity contribution in [2.75, 3.05) is 13.6 Å². The molecule has 0 bridgehead atoms. The van der Waals surface area contributed by atoms with Gasteiger partial charge in [-0.1, -0.05) is 59.8 Å². The van der Waals surface area contributed by atoms with Gasteiger partial charge in [-0.05, 0) is 36.5 Å². The van der Waals surface area contributed by atoms with Crippen molar-refractivity contribution >= 4 is 5.91 Å². The predicted molar refractivity (Wildman–Crippen MR) is 112 cm³/mol. The number of rotatable bonds is 8. The SMILES string of the molecule is Cc1ccccc1[C@@H](CC(=O)N(C)CCc1noc(C2CC2)n1)c1ccccc1. The quantitative estimate of drug-likeness (QED) is 0.570. The zero-order chi connectivity index (χ0) is 20.2. The van der Waals surface area contributed by atoms with E-state index in [-0.39, 0.29) is 11.8 Å². The van der Waals surface area contributed by atoms with E-state index in [9.17, 15) is 4.79 Å². The summed E-state index contributed by atoms with van der Waals surface area (Å²) in [7, 11) is 1.85. The monoisotopic (exact) mass is 389 g/mol. The van der Waals surface area contributed by atoms with Gasteiger partial charge in [0.2, 0.25) is 11.8 Å². The lowest BCUT2D eigenvalue weighted by molar-refractivity contribution is -0.130. The van der Waals surface area contributed by atoms with E-state index in [0.29, 0.717) is 31.1 Å². The van der Waals surface area contributed by atoms with Gasteiger partial charge in [0, 0.05) is 38.3 Å². The minimum atomic E-state index is 0.0407. The zero-order valence-electron chi connectivity index (χ0n) is 17.0. The number of hydrogen-bond acceptors (Lipinski definition) is 4. The van der Waals surface area contributed by atoms with Gasteiger partial charge in [0.1, 0.15) is 0 Å². The van der Waals surface area contributed by atoms with Crippen LogP contribution in [0.4, 0.5) is 0 Å². The summed E-state index contributed by atoms with van der Waals surface area (Å²) in [4.78, 5) is 19.3. The van der Waals surface area contributed by atoms with Gasteiger partial charge in [0.05, 0.1) is 0 Å². The van der Waals surface area contributed by atoms with Gasteiger partial charge in [0.15, 0.2) is 5.82 Å². The number of carbonyl (C=O) groups is 1. The molecule has 150 valence electrons. The van der Waals surface area contributed by atoms with E-state index in [1.54, 1.807) is 4.90 Å². The molecule has 0 unspecified atom stereocenters. The molecule has 1 atom stereocenters. The first-order valence-corrected chi connectivity index (χ1v) is 10.3. The number of amides is 1. The molecule has 1 aromatic heterocycles. The van der Waals surface area contributed by atoms with E-state index < -0.39 is 0 Å². The smallest absolute Gasteiger partial charge is 0.229 e. The van der Waals surface area contributed by atoms with Crippen molar-refractivity contribution in [1.82, 2.24) is 15.0 Å². The van der Waals surface area contributed by atoms with Crippen molar-refractivity contribution in [2.24, 2.45) is 0 Å². The first-order chi connectivity index (χ1) is 14.1. The van der Waals surface area contributed by atoms with Crippen LogP contribution in [0.15, 0.2) is 59.1 Å². The van der Waals surface area contributed by atoms with Gasteiger partial charge >= 0.3 is 0 Å². The molecule has 0 spiro atoms. The molecule has 5 nitrogen and oxygen atoms in total. The first-order valence-electron chi connectivity index (χ1n) is 10.3. The second kappa shape index (κ2) is 8.60. The third-order valence-electron chi connectivity index (χ3n) is 5.65. The fourth-order valence-electron chi connectivity index (χ4n) is 3.66. The van der Waals surface area contributed by atoms with E-state index in [4.69, 9.17) is 4.52 Å². The van der Waals surface area contributed by atoms with Crippen LogP contribution in [0.1, 0.15) is 59.5 Å². The second-order valence-corrected chi connectivity index (χ2v) is 7.91. The van der Waals surface area contributed by atoms with Crippen LogP contribution in [-0.2, 0) is 11.2 Å². The van der Waals surface area contributed by atoms with E-state index in [0.717, 1.165) is 24.3 Å². The first kappa shape index (κ1) is 19.4. The number of benzene rings is 2. The summed E-state index contributed by atoms with van der Waals surface area (Å²) in [6.45, 7) is 2.69. The molecule has 1 fully saturated rings. The van der Waals surface area contributed by atoms with Crippen molar-refractivity contribution in [2.45, 2.75) is 44.4 Å². The number of likely N-dealkylation sites (N-methyl/N-ethyl adjacent to an activating group) is 1. The Bertz CT molecular complexity index is 963. The molecule has 29 heavy (non-hydrogen) atoms. The number of aromatic nitrogens is 2. The van der Waals surface area contributed by atoms with Crippen LogP contribution in [0.5, 0.6) is 0 Å². The maximum Gasteiger partial charge on any atom is 0.229 e. The highest BCUT2D eigenvalue weighted by molar-refractivity contribution is 5.77. The maximum absolute atomic E-state index is 13.0. The minimum Gasteiger partial charge on any atom is -0.345 e. The zero-order valence-corrected chi connectivity index (χ0v) is 17.0. The minimum absolute atomic E-state index is 0.0407. The topological polar surface area (TPSA) is 59.2 Å². The van der Waals surface area contributed by atoms with E-state index in [1.165, 1.54) is 11.1 Å². The molecule has 1 heterocycles. The van der Waals surface area contributed by atoms with Crippen LogP contribution in [0, 0.1) is 6.92 Å². The summed E-state index contributed by atoms with van der Waals surface area (Å²) < 4.78 is 5.31. The lowest BCUT2D eigenvalue weighted by Gasteiger charge is -2.23. The molecule has 3 aromatic rings. The van der Waals surface area contributed by atoms with Crippen LogP contribution in [0.3, 0.4) is 0 Å². The third-order valence-corrected chi connectivity index (χ3v) is 5.65. The van der Waals surface area contributed by atoms with Gasteiger partial charge in [-0.3, -0.25) is 4.79 Å². The lowest BCUT2D eigenvalue weighted by atomic mass is 9.85. The Morgan fingerprint density at radius 3 is 2.59 bits per heavy atom. The van der Waals surface area contributed by atoms with Crippen LogP contribution in [0.25, 0.3) is 0 Å². The van der Waals surface area contributed by atoms with Crippen molar-refractivity contribution in [3.63, 3.8) is 0 Å². The maximum atomic E-state index is 13.0. The summed E-state index contributed by atoms with van der Waals surface area (Å²) in [5.74, 6) is 2.05. The second-order valence-electron chi connectivity index (χ2n) is 7.91. The van der Waals surface area contributed by atoms with Crippen LogP contribution < -0.4 is 0 Å². The molecule has 1 aliphatic carbocycles. The number of carbonyl (C=O) groups excluding carboxylic acids is 1. The predicted octanol–water partition coefficient (Wildman–Crippen LogP) is 4.48. The van der Waals surface area contributed by atoms with Crippen molar-refractivity contribution < 1.29 is 9.32 Å². The van der Waals surface area contributed by atoms with Crippen LogP contribution in [0.2, 0.25) is 0 Å².